The third kappa shape index (κ3) is 2.50. The number of hydrogen-bond donors (Lipinski definition) is 0. The van der Waals surface area contributed by atoms with Crippen LogP contribution >= 0.6 is 0 Å². The van der Waals surface area contributed by atoms with Crippen LogP contribution in [0.5, 0.6) is 0 Å². The molecule has 0 fully saturated rings. The van der Waals surface area contributed by atoms with Gasteiger partial charge in [-0.2, -0.15) is 0 Å². The topological polar surface area (TPSA) is 30.0 Å². The van der Waals surface area contributed by atoms with Crippen molar-refractivity contribution in [2.75, 3.05) is 0 Å². The van der Waals surface area contributed by atoms with Gasteiger partial charge in [0.25, 0.3) is 0 Å². The Morgan fingerprint density at radius 3 is 2.40 bits per heavy atom. The Hall–Kier alpha value is -1.96. The Morgan fingerprint density at radius 2 is 1.80 bits per heavy atom. The predicted molar refractivity (Wildman–Crippen MR) is 58.9 cm³/mol. The lowest BCUT2D eigenvalue weighted by Crippen LogP contribution is -1.91. The van der Waals surface area contributed by atoms with Crippen LogP contribution in [0, 0.1) is 0 Å². The normalized spacial score (nSPS) is 9.87. The van der Waals surface area contributed by atoms with Gasteiger partial charge in [-0.15, -0.1) is 0 Å². The molecule has 0 aliphatic rings. The molecular weight excluding hydrogens is 186 g/mol. The van der Waals surface area contributed by atoms with E-state index in [9.17, 15) is 4.79 Å². The van der Waals surface area contributed by atoms with E-state index in [1.807, 2.05) is 24.3 Å². The van der Waals surface area contributed by atoms with Crippen LogP contribution in [0.4, 0.5) is 0 Å². The van der Waals surface area contributed by atoms with Crippen LogP contribution in [0.15, 0.2) is 48.7 Å². The summed E-state index contributed by atoms with van der Waals surface area (Å²) in [5, 5.41) is 0. The van der Waals surface area contributed by atoms with Gasteiger partial charge >= 0.3 is 0 Å². The van der Waals surface area contributed by atoms with Gasteiger partial charge in [0.2, 0.25) is 0 Å². The molecule has 0 aliphatic heterocycles. The van der Waals surface area contributed by atoms with E-state index in [0.29, 0.717) is 5.69 Å². The van der Waals surface area contributed by atoms with Gasteiger partial charge in [0, 0.05) is 6.20 Å². The Labute approximate surface area is 88.6 Å². The van der Waals surface area contributed by atoms with Crippen molar-refractivity contribution in [3.63, 3.8) is 0 Å². The number of nitrogens with zero attached hydrogens (tertiary/aromatic N) is 1. The Balaban J connectivity index is 2.15. The fraction of sp³-hybridized carbons (Fsp3) is 0.0769. The molecule has 0 radical (unpaired) electrons. The van der Waals surface area contributed by atoms with Crippen LogP contribution in [-0.4, -0.2) is 11.3 Å². The van der Waals surface area contributed by atoms with Gasteiger partial charge in [-0.05, 0) is 23.6 Å². The molecule has 0 saturated carbocycles. The highest BCUT2D eigenvalue weighted by atomic mass is 16.1. The van der Waals surface area contributed by atoms with Crippen LogP contribution in [-0.2, 0) is 6.42 Å². The van der Waals surface area contributed by atoms with Gasteiger partial charge in [-0.25, -0.2) is 0 Å². The summed E-state index contributed by atoms with van der Waals surface area (Å²) >= 11 is 0. The summed E-state index contributed by atoms with van der Waals surface area (Å²) in [5.74, 6) is 0. The minimum Gasteiger partial charge on any atom is -0.296 e. The van der Waals surface area contributed by atoms with Gasteiger partial charge in [0.1, 0.15) is 5.69 Å². The summed E-state index contributed by atoms with van der Waals surface area (Å²) in [6.07, 6.45) is 3.36. The van der Waals surface area contributed by atoms with Crippen LogP contribution < -0.4 is 0 Å². The highest BCUT2D eigenvalue weighted by Crippen LogP contribution is 2.07. The summed E-state index contributed by atoms with van der Waals surface area (Å²) in [4.78, 5) is 14.4. The van der Waals surface area contributed by atoms with Crippen molar-refractivity contribution in [2.24, 2.45) is 0 Å². The Morgan fingerprint density at radius 1 is 1.00 bits per heavy atom. The van der Waals surface area contributed by atoms with Crippen molar-refractivity contribution in [2.45, 2.75) is 6.42 Å². The third-order valence-corrected chi connectivity index (χ3v) is 2.22. The highest BCUT2D eigenvalue weighted by molar-refractivity contribution is 5.71. The molecule has 0 bridgehead atoms. The van der Waals surface area contributed by atoms with Gasteiger partial charge in [0.05, 0.1) is 0 Å². The minimum atomic E-state index is 0.479. The van der Waals surface area contributed by atoms with E-state index in [1.165, 1.54) is 5.56 Å². The summed E-state index contributed by atoms with van der Waals surface area (Å²) in [6, 6.07) is 13.9. The molecular formula is C13H11NO. The number of carbonyl (C=O) groups excluding carboxylic acids is 1. The van der Waals surface area contributed by atoms with Gasteiger partial charge in [-0.3, -0.25) is 9.78 Å². The van der Waals surface area contributed by atoms with Crippen molar-refractivity contribution in [1.29, 1.82) is 0 Å². The fourth-order valence-corrected chi connectivity index (χ4v) is 1.44. The summed E-state index contributed by atoms with van der Waals surface area (Å²) in [5.41, 5.74) is 2.84. The zero-order chi connectivity index (χ0) is 10.5. The van der Waals surface area contributed by atoms with E-state index in [4.69, 9.17) is 0 Å². The fourth-order valence-electron chi connectivity index (χ4n) is 1.44. The highest BCUT2D eigenvalue weighted by Gasteiger charge is 1.96. The summed E-state index contributed by atoms with van der Waals surface area (Å²) in [6.45, 7) is 0. The van der Waals surface area contributed by atoms with E-state index in [-0.39, 0.29) is 0 Å². The lowest BCUT2D eigenvalue weighted by atomic mass is 10.1. The average molecular weight is 197 g/mol. The maximum Gasteiger partial charge on any atom is 0.168 e. The molecule has 1 aromatic carbocycles. The molecule has 0 amide bonds. The van der Waals surface area contributed by atoms with E-state index in [1.54, 1.807) is 12.3 Å². The summed E-state index contributed by atoms with van der Waals surface area (Å²) in [7, 11) is 0. The van der Waals surface area contributed by atoms with Crippen LogP contribution in [0.3, 0.4) is 0 Å². The molecule has 0 spiro atoms. The quantitative estimate of drug-likeness (QED) is 0.707. The van der Waals surface area contributed by atoms with Crippen LogP contribution in [0.25, 0.3) is 0 Å². The number of carbonyl (C=O) groups is 1. The van der Waals surface area contributed by atoms with Crippen LogP contribution in [0.2, 0.25) is 0 Å². The maximum atomic E-state index is 10.4. The Bertz CT molecular complexity index is 434. The van der Waals surface area contributed by atoms with Crippen molar-refractivity contribution >= 4 is 6.29 Å². The number of aldehydes is 1. The largest absolute Gasteiger partial charge is 0.296 e. The molecule has 0 saturated heterocycles. The Kier molecular flexibility index (Phi) is 2.88. The molecule has 1 heterocycles. The first kappa shape index (κ1) is 9.59. The van der Waals surface area contributed by atoms with E-state index in [2.05, 4.69) is 17.1 Å². The van der Waals surface area contributed by atoms with Crippen molar-refractivity contribution in [3.8, 4) is 0 Å². The second kappa shape index (κ2) is 4.51. The SMILES string of the molecule is O=Cc1ccc(Cc2ccccc2)cn1. The maximum absolute atomic E-state index is 10.4. The van der Waals surface area contributed by atoms with Crippen molar-refractivity contribution < 1.29 is 4.79 Å². The molecule has 0 aliphatic carbocycles. The van der Waals surface area contributed by atoms with Gasteiger partial charge in [-0.1, -0.05) is 36.4 Å². The van der Waals surface area contributed by atoms with Gasteiger partial charge in [0.15, 0.2) is 6.29 Å². The number of pyridine rings is 1. The number of rotatable bonds is 3. The molecule has 2 rings (SSSR count). The lowest BCUT2D eigenvalue weighted by Gasteiger charge is -2.00. The first-order valence-corrected chi connectivity index (χ1v) is 4.82. The molecule has 0 N–H and O–H groups in total. The smallest absolute Gasteiger partial charge is 0.168 e. The first-order valence-electron chi connectivity index (χ1n) is 4.82. The van der Waals surface area contributed by atoms with E-state index >= 15 is 0 Å². The molecule has 2 aromatic rings. The number of aromatic nitrogens is 1. The number of benzene rings is 1. The molecule has 74 valence electrons. The standard InChI is InChI=1S/C13H11NO/c15-10-13-7-6-12(9-14-13)8-11-4-2-1-3-5-11/h1-7,9-10H,8H2. The predicted octanol–water partition coefficient (Wildman–Crippen LogP) is 2.48. The second-order valence-electron chi connectivity index (χ2n) is 3.37. The molecule has 2 heteroatoms. The molecule has 1 aromatic heterocycles. The molecule has 15 heavy (non-hydrogen) atoms. The second-order valence-corrected chi connectivity index (χ2v) is 3.37. The molecule has 0 unspecified atom stereocenters. The van der Waals surface area contributed by atoms with E-state index in [0.717, 1.165) is 18.3 Å². The minimum absolute atomic E-state index is 0.479. The first-order chi connectivity index (χ1) is 7.38. The lowest BCUT2D eigenvalue weighted by molar-refractivity contribution is 0.111. The van der Waals surface area contributed by atoms with Gasteiger partial charge < -0.3 is 0 Å². The monoisotopic (exact) mass is 197 g/mol. The van der Waals surface area contributed by atoms with E-state index < -0.39 is 0 Å². The summed E-state index contributed by atoms with van der Waals surface area (Å²) < 4.78 is 0. The average Bonchev–Trinajstić information content (AvgIpc) is 2.31. The van der Waals surface area contributed by atoms with Crippen molar-refractivity contribution in [1.82, 2.24) is 4.98 Å². The van der Waals surface area contributed by atoms with Crippen LogP contribution in [0.1, 0.15) is 21.6 Å². The third-order valence-electron chi connectivity index (χ3n) is 2.22. The zero-order valence-electron chi connectivity index (χ0n) is 8.26. The zero-order valence-corrected chi connectivity index (χ0v) is 8.26. The molecule has 0 atom stereocenters. The molecule has 2 nitrogen and oxygen atoms in total. The number of hydrogen-bond acceptors (Lipinski definition) is 2. The van der Waals surface area contributed by atoms with Crippen molar-refractivity contribution in [3.05, 3.63) is 65.5 Å².